The number of hydrogen-bond acceptors (Lipinski definition) is 2. The first kappa shape index (κ1) is 23.0. The summed E-state index contributed by atoms with van der Waals surface area (Å²) in [4.78, 5) is 2.51. The molecule has 0 aliphatic rings. The Morgan fingerprint density at radius 3 is 1.77 bits per heavy atom. The molecule has 2 heteroatoms. The van der Waals surface area contributed by atoms with Gasteiger partial charge in [-0.15, -0.1) is 11.3 Å². The first-order chi connectivity index (χ1) is 19.8. The molecule has 0 N–H and O–H groups in total. The van der Waals surface area contributed by atoms with Gasteiger partial charge >= 0.3 is 0 Å². The van der Waals surface area contributed by atoms with Gasteiger partial charge in [0.25, 0.3) is 0 Å². The molecule has 0 amide bonds. The van der Waals surface area contributed by atoms with Gasteiger partial charge in [-0.25, -0.2) is 0 Å². The van der Waals surface area contributed by atoms with Crippen LogP contribution in [-0.2, 0) is 0 Å². The molecule has 0 fully saturated rings. The van der Waals surface area contributed by atoms with Crippen LogP contribution in [0.5, 0.6) is 0 Å². The fourth-order valence-corrected chi connectivity index (χ4v) is 7.16. The second-order valence-electron chi connectivity index (χ2n) is 10.1. The van der Waals surface area contributed by atoms with Crippen LogP contribution in [0.25, 0.3) is 75.8 Å². The number of fused-ring (bicyclic) bond motifs is 4. The van der Waals surface area contributed by atoms with Crippen LogP contribution >= 0.6 is 11.3 Å². The lowest BCUT2D eigenvalue weighted by Crippen LogP contribution is -1.85. The number of thiophene rings is 1. The highest BCUT2D eigenvalue weighted by molar-refractivity contribution is 7.21. The zero-order valence-corrected chi connectivity index (χ0v) is 22.5. The molecule has 0 bridgehead atoms. The first-order valence-corrected chi connectivity index (χ1v) is 14.3. The fraction of sp³-hybridized carbons (Fsp3) is 0. The van der Waals surface area contributed by atoms with Crippen LogP contribution in [0.1, 0.15) is 0 Å². The Labute approximate surface area is 236 Å². The Hall–Kier alpha value is -4.92. The highest BCUT2D eigenvalue weighted by Crippen LogP contribution is 2.50. The third-order valence-corrected chi connectivity index (χ3v) is 9.00. The number of benzene rings is 6. The lowest BCUT2D eigenvalue weighted by molar-refractivity contribution is 0.670. The van der Waals surface area contributed by atoms with Gasteiger partial charge in [0.1, 0.15) is 11.2 Å². The zero-order chi connectivity index (χ0) is 26.5. The molecule has 0 atom stereocenters. The normalized spacial score (nSPS) is 11.5. The third kappa shape index (κ3) is 3.69. The van der Waals surface area contributed by atoms with E-state index < -0.39 is 0 Å². The zero-order valence-electron chi connectivity index (χ0n) is 21.7. The van der Waals surface area contributed by atoms with Crippen LogP contribution in [0, 0.1) is 0 Å². The van der Waals surface area contributed by atoms with Crippen LogP contribution in [0.4, 0.5) is 0 Å². The molecular formula is C38H24OS. The summed E-state index contributed by atoms with van der Waals surface area (Å²) in [5, 5.41) is 4.81. The van der Waals surface area contributed by atoms with Gasteiger partial charge in [0.2, 0.25) is 0 Å². The molecule has 0 saturated heterocycles. The summed E-state index contributed by atoms with van der Waals surface area (Å²) in [6, 6.07) is 51.8. The summed E-state index contributed by atoms with van der Waals surface area (Å²) in [6.07, 6.45) is 0. The van der Waals surface area contributed by atoms with Crippen LogP contribution in [-0.4, -0.2) is 0 Å². The molecule has 8 rings (SSSR count). The largest absolute Gasteiger partial charge is 0.455 e. The summed E-state index contributed by atoms with van der Waals surface area (Å²) in [6.45, 7) is 0. The van der Waals surface area contributed by atoms with Gasteiger partial charge < -0.3 is 4.42 Å². The standard InChI is InChI=1S/C38H24OS/c1-3-12-25(13-4-1)27-16-11-17-28(24-27)37-32-19-7-8-20-33(32)38(40-37)35-29(26-14-5-2-6-15-26)22-23-31-30-18-9-10-21-34(30)39-36(31)35/h1-24H. The quantitative estimate of drug-likeness (QED) is 0.221. The molecule has 2 aromatic heterocycles. The van der Waals surface area contributed by atoms with Gasteiger partial charge in [-0.2, -0.15) is 0 Å². The van der Waals surface area contributed by atoms with E-state index in [1.807, 2.05) is 17.4 Å². The van der Waals surface area contributed by atoms with E-state index in [1.54, 1.807) is 0 Å². The predicted molar refractivity (Wildman–Crippen MR) is 171 cm³/mol. The maximum Gasteiger partial charge on any atom is 0.144 e. The third-order valence-electron chi connectivity index (χ3n) is 7.71. The van der Waals surface area contributed by atoms with Gasteiger partial charge in [0.15, 0.2) is 0 Å². The van der Waals surface area contributed by atoms with Gasteiger partial charge in [-0.3, -0.25) is 0 Å². The van der Waals surface area contributed by atoms with E-state index >= 15 is 0 Å². The van der Waals surface area contributed by atoms with E-state index in [9.17, 15) is 0 Å². The van der Waals surface area contributed by atoms with Crippen LogP contribution in [0.3, 0.4) is 0 Å². The molecule has 8 aromatic rings. The summed E-state index contributed by atoms with van der Waals surface area (Å²) in [5.41, 5.74) is 9.07. The SMILES string of the molecule is c1ccc(-c2cccc(-c3sc(-c4c(-c5ccccc5)ccc5c4oc4ccccc45)c4ccccc34)c2)cc1. The van der Waals surface area contributed by atoms with Crippen molar-refractivity contribution < 1.29 is 4.42 Å². The maximum absolute atomic E-state index is 6.65. The van der Waals surface area contributed by atoms with E-state index in [0.29, 0.717) is 0 Å². The van der Waals surface area contributed by atoms with Gasteiger partial charge in [0.05, 0.1) is 0 Å². The van der Waals surface area contributed by atoms with Crippen molar-refractivity contribution in [1.82, 2.24) is 0 Å². The Morgan fingerprint density at radius 1 is 0.400 bits per heavy atom. The van der Waals surface area contributed by atoms with E-state index in [1.165, 1.54) is 48.3 Å². The summed E-state index contributed by atoms with van der Waals surface area (Å²) in [7, 11) is 0. The monoisotopic (exact) mass is 528 g/mol. The molecule has 0 saturated carbocycles. The smallest absolute Gasteiger partial charge is 0.144 e. The number of rotatable bonds is 4. The number of para-hydroxylation sites is 1. The number of hydrogen-bond donors (Lipinski definition) is 0. The van der Waals surface area contributed by atoms with Crippen molar-refractivity contribution in [3.63, 3.8) is 0 Å². The molecule has 6 aromatic carbocycles. The Morgan fingerprint density at radius 2 is 1.00 bits per heavy atom. The van der Waals surface area contributed by atoms with Crippen molar-refractivity contribution in [3.05, 3.63) is 146 Å². The van der Waals surface area contributed by atoms with Crippen LogP contribution in [0.2, 0.25) is 0 Å². The van der Waals surface area contributed by atoms with Crippen LogP contribution in [0.15, 0.2) is 150 Å². The second-order valence-corrected chi connectivity index (χ2v) is 11.1. The van der Waals surface area contributed by atoms with Gasteiger partial charge in [-0.1, -0.05) is 127 Å². The number of furan rings is 1. The Balaban J connectivity index is 1.43. The van der Waals surface area contributed by atoms with E-state index in [0.717, 1.165) is 27.5 Å². The molecule has 188 valence electrons. The molecule has 0 aliphatic carbocycles. The molecule has 40 heavy (non-hydrogen) atoms. The minimum Gasteiger partial charge on any atom is -0.455 e. The Kier molecular flexibility index (Phi) is 5.39. The van der Waals surface area contributed by atoms with Crippen molar-refractivity contribution in [2.45, 2.75) is 0 Å². The van der Waals surface area contributed by atoms with Crippen LogP contribution < -0.4 is 0 Å². The van der Waals surface area contributed by atoms with Gasteiger partial charge in [-0.05, 0) is 46.0 Å². The topological polar surface area (TPSA) is 13.1 Å². The second kappa shape index (κ2) is 9.37. The minimum absolute atomic E-state index is 0.917. The predicted octanol–water partition coefficient (Wildman–Crippen LogP) is 11.5. The average molecular weight is 529 g/mol. The lowest BCUT2D eigenvalue weighted by Gasteiger charge is -2.10. The molecular weight excluding hydrogens is 504 g/mol. The maximum atomic E-state index is 6.65. The first-order valence-electron chi connectivity index (χ1n) is 13.5. The van der Waals surface area contributed by atoms with Crippen molar-refractivity contribution in [2.24, 2.45) is 0 Å². The Bertz CT molecular complexity index is 2150. The molecule has 2 heterocycles. The molecule has 0 spiro atoms. The highest BCUT2D eigenvalue weighted by atomic mass is 32.1. The minimum atomic E-state index is 0.917. The average Bonchev–Trinajstić information content (AvgIpc) is 3.60. The summed E-state index contributed by atoms with van der Waals surface area (Å²) < 4.78 is 6.65. The molecule has 0 unspecified atom stereocenters. The fourth-order valence-electron chi connectivity index (χ4n) is 5.83. The van der Waals surface area contributed by atoms with E-state index in [2.05, 4.69) is 140 Å². The van der Waals surface area contributed by atoms with Crippen molar-refractivity contribution >= 4 is 44.0 Å². The van der Waals surface area contributed by atoms with Crippen molar-refractivity contribution in [2.75, 3.05) is 0 Å². The summed E-state index contributed by atoms with van der Waals surface area (Å²) >= 11 is 1.86. The highest BCUT2D eigenvalue weighted by Gasteiger charge is 2.22. The van der Waals surface area contributed by atoms with E-state index in [-0.39, 0.29) is 0 Å². The molecule has 0 radical (unpaired) electrons. The van der Waals surface area contributed by atoms with Crippen molar-refractivity contribution in [1.29, 1.82) is 0 Å². The van der Waals surface area contributed by atoms with Crippen molar-refractivity contribution in [3.8, 4) is 43.1 Å². The lowest BCUT2D eigenvalue weighted by atomic mass is 9.94. The summed E-state index contributed by atoms with van der Waals surface area (Å²) in [5.74, 6) is 0. The molecule has 1 nitrogen and oxygen atoms in total. The van der Waals surface area contributed by atoms with Gasteiger partial charge in [0, 0.05) is 36.9 Å². The van der Waals surface area contributed by atoms with E-state index in [4.69, 9.17) is 4.42 Å². The molecule has 0 aliphatic heterocycles.